The van der Waals surface area contributed by atoms with Gasteiger partial charge in [-0.05, 0) is 44.2 Å². The summed E-state index contributed by atoms with van der Waals surface area (Å²) in [6, 6.07) is 8.99. The monoisotopic (exact) mass is 277 g/mol. The number of hydrogen-bond acceptors (Lipinski definition) is 2. The average molecular weight is 277 g/mol. The maximum Gasteiger partial charge on any atom is 0.118 e. The summed E-state index contributed by atoms with van der Waals surface area (Å²) in [6.07, 6.45) is 1.05. The second-order valence-corrected chi connectivity index (χ2v) is 7.31. The molecule has 19 heavy (non-hydrogen) atoms. The zero-order chi connectivity index (χ0) is 13.6. The Morgan fingerprint density at radius 3 is 2.84 bits per heavy atom. The Morgan fingerprint density at radius 2 is 2.11 bits per heavy atom. The van der Waals surface area contributed by atoms with Gasteiger partial charge >= 0.3 is 0 Å². The fourth-order valence-corrected chi connectivity index (χ4v) is 4.27. The van der Waals surface area contributed by atoms with E-state index >= 15 is 0 Å². The van der Waals surface area contributed by atoms with Gasteiger partial charge < -0.3 is 0 Å². The molecule has 2 heterocycles. The van der Waals surface area contributed by atoms with Crippen molar-refractivity contribution in [2.75, 3.05) is 6.54 Å². The first-order valence-corrected chi connectivity index (χ1v) is 7.68. The van der Waals surface area contributed by atoms with Gasteiger partial charge in [-0.2, -0.15) is 0 Å². The second-order valence-electron chi connectivity index (χ2n) is 6.18. The summed E-state index contributed by atoms with van der Waals surface area (Å²) in [5.41, 5.74) is 0.292. The number of halogens is 1. The third-order valence-corrected chi connectivity index (χ3v) is 5.06. The molecule has 2 aromatic rings. The van der Waals surface area contributed by atoms with Crippen LogP contribution in [0.25, 0.3) is 10.1 Å². The summed E-state index contributed by atoms with van der Waals surface area (Å²) in [5.74, 6) is 0. The van der Waals surface area contributed by atoms with Gasteiger partial charge in [0.1, 0.15) is 5.67 Å². The highest BCUT2D eigenvalue weighted by Gasteiger charge is 2.30. The number of alkyl halides is 1. The molecule has 1 nitrogen and oxygen atoms in total. The molecule has 0 spiro atoms. The summed E-state index contributed by atoms with van der Waals surface area (Å²) in [7, 11) is 0. The van der Waals surface area contributed by atoms with Crippen LogP contribution in [0.5, 0.6) is 0 Å². The molecular formula is C16H20FNS. The van der Waals surface area contributed by atoms with Crippen molar-refractivity contribution in [3.63, 3.8) is 0 Å². The minimum Gasteiger partial charge on any atom is -0.293 e. The van der Waals surface area contributed by atoms with E-state index in [1.54, 1.807) is 13.8 Å². The molecule has 1 aromatic heterocycles. The van der Waals surface area contributed by atoms with E-state index in [1.165, 1.54) is 20.5 Å². The van der Waals surface area contributed by atoms with Crippen LogP contribution in [0.2, 0.25) is 0 Å². The SMILES string of the molecule is CC1Cc2sc3ccccc3c2CN1CC(C)(C)F. The van der Waals surface area contributed by atoms with E-state index in [4.69, 9.17) is 0 Å². The Kier molecular flexibility index (Phi) is 3.14. The molecule has 0 amide bonds. The first-order chi connectivity index (χ1) is 8.94. The van der Waals surface area contributed by atoms with Crippen LogP contribution in [0.3, 0.4) is 0 Å². The van der Waals surface area contributed by atoms with Crippen molar-refractivity contribution in [1.29, 1.82) is 0 Å². The smallest absolute Gasteiger partial charge is 0.118 e. The number of hydrogen-bond donors (Lipinski definition) is 0. The van der Waals surface area contributed by atoms with Crippen molar-refractivity contribution in [2.24, 2.45) is 0 Å². The molecule has 1 atom stereocenters. The van der Waals surface area contributed by atoms with Gasteiger partial charge in [-0.1, -0.05) is 18.2 Å². The number of nitrogens with zero attached hydrogens (tertiary/aromatic N) is 1. The summed E-state index contributed by atoms with van der Waals surface area (Å²) < 4.78 is 15.3. The normalized spacial score (nSPS) is 20.7. The van der Waals surface area contributed by atoms with Gasteiger partial charge in [0.2, 0.25) is 0 Å². The van der Waals surface area contributed by atoms with Crippen LogP contribution < -0.4 is 0 Å². The zero-order valence-corrected chi connectivity index (χ0v) is 12.6. The maximum atomic E-state index is 13.9. The van der Waals surface area contributed by atoms with Crippen molar-refractivity contribution >= 4 is 21.4 Å². The van der Waals surface area contributed by atoms with Crippen LogP contribution in [0, 0.1) is 0 Å². The topological polar surface area (TPSA) is 3.24 Å². The number of fused-ring (bicyclic) bond motifs is 3. The van der Waals surface area contributed by atoms with Crippen molar-refractivity contribution < 1.29 is 4.39 Å². The van der Waals surface area contributed by atoms with E-state index in [0.29, 0.717) is 12.6 Å². The van der Waals surface area contributed by atoms with Gasteiger partial charge in [0.05, 0.1) is 0 Å². The van der Waals surface area contributed by atoms with Gasteiger partial charge in [0.25, 0.3) is 0 Å². The lowest BCUT2D eigenvalue weighted by atomic mass is 9.98. The van der Waals surface area contributed by atoms with Crippen LogP contribution in [-0.2, 0) is 13.0 Å². The lowest BCUT2D eigenvalue weighted by molar-refractivity contribution is 0.0872. The van der Waals surface area contributed by atoms with Crippen molar-refractivity contribution in [3.05, 3.63) is 34.7 Å². The Morgan fingerprint density at radius 1 is 1.37 bits per heavy atom. The molecule has 1 unspecified atom stereocenters. The minimum absolute atomic E-state index is 0.426. The zero-order valence-electron chi connectivity index (χ0n) is 11.7. The molecule has 1 aliphatic heterocycles. The molecule has 0 fully saturated rings. The lowest BCUT2D eigenvalue weighted by Gasteiger charge is -2.36. The number of benzene rings is 1. The van der Waals surface area contributed by atoms with Gasteiger partial charge in [0.15, 0.2) is 0 Å². The van der Waals surface area contributed by atoms with Gasteiger partial charge in [-0.15, -0.1) is 11.3 Å². The quantitative estimate of drug-likeness (QED) is 0.786. The highest BCUT2D eigenvalue weighted by molar-refractivity contribution is 7.19. The van der Waals surface area contributed by atoms with Gasteiger partial charge in [-0.25, -0.2) is 4.39 Å². The van der Waals surface area contributed by atoms with Crippen LogP contribution in [-0.4, -0.2) is 23.2 Å². The first-order valence-electron chi connectivity index (χ1n) is 6.86. The van der Waals surface area contributed by atoms with Gasteiger partial charge in [0, 0.05) is 28.7 Å². The maximum absolute atomic E-state index is 13.9. The molecule has 0 saturated heterocycles. The van der Waals surface area contributed by atoms with Crippen LogP contribution in [0.4, 0.5) is 4.39 Å². The molecule has 1 aliphatic rings. The van der Waals surface area contributed by atoms with E-state index in [-0.39, 0.29) is 0 Å². The van der Waals surface area contributed by atoms with Crippen molar-refractivity contribution in [2.45, 2.75) is 45.4 Å². The van der Waals surface area contributed by atoms with E-state index < -0.39 is 5.67 Å². The number of thiophene rings is 1. The predicted molar refractivity (Wildman–Crippen MR) is 80.6 cm³/mol. The Hall–Kier alpha value is -0.930. The third-order valence-electron chi connectivity index (χ3n) is 3.83. The highest BCUT2D eigenvalue weighted by atomic mass is 32.1. The van der Waals surface area contributed by atoms with Crippen molar-refractivity contribution in [3.8, 4) is 0 Å². The Bertz CT molecular complexity index is 596. The lowest BCUT2D eigenvalue weighted by Crippen LogP contribution is -2.44. The Labute approximate surface area is 118 Å². The molecule has 1 aromatic carbocycles. The predicted octanol–water partition coefficient (Wildman–Crippen LogP) is 4.40. The molecule has 0 radical (unpaired) electrons. The van der Waals surface area contributed by atoms with Crippen molar-refractivity contribution in [1.82, 2.24) is 4.90 Å². The summed E-state index contributed by atoms with van der Waals surface area (Å²) >= 11 is 1.90. The van der Waals surface area contributed by atoms with Crippen LogP contribution >= 0.6 is 11.3 Å². The van der Waals surface area contributed by atoms with Gasteiger partial charge in [-0.3, -0.25) is 4.90 Å². The second kappa shape index (κ2) is 4.57. The largest absolute Gasteiger partial charge is 0.293 e. The summed E-state index contributed by atoms with van der Waals surface area (Å²) in [5, 5.41) is 1.36. The first kappa shape index (κ1) is 13.1. The Balaban J connectivity index is 1.97. The van der Waals surface area contributed by atoms with E-state index in [0.717, 1.165) is 13.0 Å². The highest BCUT2D eigenvalue weighted by Crippen LogP contribution is 2.37. The molecule has 102 valence electrons. The number of rotatable bonds is 2. The molecular weight excluding hydrogens is 257 g/mol. The van der Waals surface area contributed by atoms with E-state index in [1.807, 2.05) is 11.3 Å². The molecule has 3 rings (SSSR count). The molecule has 0 N–H and O–H groups in total. The molecule has 0 saturated carbocycles. The van der Waals surface area contributed by atoms with E-state index in [9.17, 15) is 4.39 Å². The van der Waals surface area contributed by atoms with E-state index in [2.05, 4.69) is 36.1 Å². The summed E-state index contributed by atoms with van der Waals surface area (Å²) in [4.78, 5) is 3.77. The fraction of sp³-hybridized carbons (Fsp3) is 0.500. The molecule has 3 heteroatoms. The standard InChI is InChI=1S/C16H20FNS/c1-11-8-15-13(9-18(11)10-16(2,3)17)12-6-4-5-7-14(12)19-15/h4-7,11H,8-10H2,1-3H3. The fourth-order valence-electron chi connectivity index (χ4n) is 2.94. The van der Waals surface area contributed by atoms with Crippen LogP contribution in [0.1, 0.15) is 31.2 Å². The molecule has 0 bridgehead atoms. The summed E-state index contributed by atoms with van der Waals surface area (Å²) in [6.45, 7) is 6.94. The van der Waals surface area contributed by atoms with Crippen LogP contribution in [0.15, 0.2) is 24.3 Å². The average Bonchev–Trinajstić information content (AvgIpc) is 2.65. The third kappa shape index (κ3) is 2.54. The minimum atomic E-state index is -1.13. The molecule has 0 aliphatic carbocycles.